The largest absolute Gasteiger partial charge is 0.457 e. The van der Waals surface area contributed by atoms with Gasteiger partial charge in [-0.2, -0.15) is 5.26 Å². The van der Waals surface area contributed by atoms with Gasteiger partial charge in [-0.05, 0) is 48.4 Å². The lowest BCUT2D eigenvalue weighted by Gasteiger charge is -2.09. The standard InChI is InChI=1S/C16H15N3O2/c1-10-6-11(8-17)2-3-12(10)9-21-16(20)14-5-4-13(18)7-15(14)19/h2-7H,9,18-19H2,1H3. The van der Waals surface area contributed by atoms with Crippen LogP contribution in [0.15, 0.2) is 36.4 Å². The van der Waals surface area contributed by atoms with Crippen LogP contribution in [0, 0.1) is 18.3 Å². The molecule has 2 aromatic rings. The van der Waals surface area contributed by atoms with Gasteiger partial charge in [0, 0.05) is 11.4 Å². The second kappa shape index (κ2) is 5.97. The van der Waals surface area contributed by atoms with Crippen LogP contribution in [0.1, 0.15) is 27.0 Å². The number of benzene rings is 2. The Kier molecular flexibility index (Phi) is 4.10. The summed E-state index contributed by atoms with van der Waals surface area (Å²) in [4.78, 5) is 12.0. The number of carbonyl (C=O) groups is 1. The number of esters is 1. The molecule has 0 unspecified atom stereocenters. The van der Waals surface area contributed by atoms with Gasteiger partial charge in [-0.15, -0.1) is 0 Å². The molecule has 5 nitrogen and oxygen atoms in total. The monoisotopic (exact) mass is 281 g/mol. The Hall–Kier alpha value is -3.00. The maximum absolute atomic E-state index is 12.0. The zero-order valence-corrected chi connectivity index (χ0v) is 11.6. The van der Waals surface area contributed by atoms with Crippen molar-refractivity contribution in [2.75, 3.05) is 11.5 Å². The van der Waals surface area contributed by atoms with E-state index in [1.54, 1.807) is 30.3 Å². The lowest BCUT2D eigenvalue weighted by Crippen LogP contribution is -2.09. The van der Waals surface area contributed by atoms with Gasteiger partial charge in [-0.25, -0.2) is 4.79 Å². The molecule has 106 valence electrons. The molecule has 0 amide bonds. The number of aryl methyl sites for hydroxylation is 1. The molecule has 2 rings (SSSR count). The maximum Gasteiger partial charge on any atom is 0.340 e. The Balaban J connectivity index is 2.09. The minimum Gasteiger partial charge on any atom is -0.457 e. The molecule has 0 spiro atoms. The fourth-order valence-corrected chi connectivity index (χ4v) is 1.92. The first-order chi connectivity index (χ1) is 10.0. The molecule has 21 heavy (non-hydrogen) atoms. The minimum absolute atomic E-state index is 0.125. The number of carbonyl (C=O) groups excluding carboxylic acids is 1. The molecule has 2 aromatic carbocycles. The van der Waals surface area contributed by atoms with E-state index in [4.69, 9.17) is 21.5 Å². The Morgan fingerprint density at radius 3 is 2.62 bits per heavy atom. The van der Waals surface area contributed by atoms with Gasteiger partial charge < -0.3 is 16.2 Å². The quantitative estimate of drug-likeness (QED) is 0.664. The van der Waals surface area contributed by atoms with Crippen molar-refractivity contribution in [3.63, 3.8) is 0 Å². The van der Waals surface area contributed by atoms with Crippen LogP contribution in [0.25, 0.3) is 0 Å². The van der Waals surface area contributed by atoms with Crippen molar-refractivity contribution in [3.05, 3.63) is 58.7 Å². The molecule has 0 fully saturated rings. The highest BCUT2D eigenvalue weighted by Gasteiger charge is 2.12. The number of ether oxygens (including phenoxy) is 1. The molecular formula is C16H15N3O2. The van der Waals surface area contributed by atoms with Gasteiger partial charge in [0.25, 0.3) is 0 Å². The average molecular weight is 281 g/mol. The summed E-state index contributed by atoms with van der Waals surface area (Å²) >= 11 is 0. The van der Waals surface area contributed by atoms with E-state index in [1.807, 2.05) is 6.92 Å². The predicted octanol–water partition coefficient (Wildman–Crippen LogP) is 2.39. The Labute approximate surface area is 122 Å². The summed E-state index contributed by atoms with van der Waals surface area (Å²) in [6.07, 6.45) is 0. The fourth-order valence-electron chi connectivity index (χ4n) is 1.92. The minimum atomic E-state index is -0.503. The van der Waals surface area contributed by atoms with E-state index >= 15 is 0 Å². The Morgan fingerprint density at radius 2 is 2.00 bits per heavy atom. The van der Waals surface area contributed by atoms with Gasteiger partial charge in [-0.3, -0.25) is 0 Å². The number of hydrogen-bond donors (Lipinski definition) is 2. The molecule has 5 heteroatoms. The molecule has 0 saturated heterocycles. The number of rotatable bonds is 3. The van der Waals surface area contributed by atoms with Crippen molar-refractivity contribution in [1.29, 1.82) is 5.26 Å². The molecule has 0 atom stereocenters. The first kappa shape index (κ1) is 14.4. The summed E-state index contributed by atoms with van der Waals surface area (Å²) in [5.41, 5.74) is 14.7. The second-order valence-electron chi connectivity index (χ2n) is 4.68. The van der Waals surface area contributed by atoms with Crippen LogP contribution in [0.5, 0.6) is 0 Å². The van der Waals surface area contributed by atoms with Gasteiger partial charge in [0.05, 0.1) is 17.2 Å². The lowest BCUT2D eigenvalue weighted by atomic mass is 10.1. The molecule has 0 aliphatic carbocycles. The summed E-state index contributed by atoms with van der Waals surface area (Å²) in [5, 5.41) is 8.81. The van der Waals surface area contributed by atoms with Crippen LogP contribution in [0.4, 0.5) is 11.4 Å². The zero-order valence-electron chi connectivity index (χ0n) is 11.6. The number of nitrogens with two attached hydrogens (primary N) is 2. The SMILES string of the molecule is Cc1cc(C#N)ccc1COC(=O)c1ccc(N)cc1N. The highest BCUT2D eigenvalue weighted by Crippen LogP contribution is 2.18. The summed E-state index contributed by atoms with van der Waals surface area (Å²) in [7, 11) is 0. The van der Waals surface area contributed by atoms with E-state index in [9.17, 15) is 4.79 Å². The third-order valence-corrected chi connectivity index (χ3v) is 3.13. The van der Waals surface area contributed by atoms with Crippen molar-refractivity contribution in [3.8, 4) is 6.07 Å². The summed E-state index contributed by atoms with van der Waals surface area (Å²) in [6, 6.07) is 11.9. The molecule has 0 aromatic heterocycles. The van der Waals surface area contributed by atoms with Crippen LogP contribution < -0.4 is 11.5 Å². The van der Waals surface area contributed by atoms with Crippen molar-refractivity contribution in [2.45, 2.75) is 13.5 Å². The van der Waals surface area contributed by atoms with Gasteiger partial charge >= 0.3 is 5.97 Å². The van der Waals surface area contributed by atoms with Crippen LogP contribution in [-0.2, 0) is 11.3 Å². The number of anilines is 2. The number of nitrogen functional groups attached to an aromatic ring is 2. The Morgan fingerprint density at radius 1 is 1.24 bits per heavy atom. The zero-order chi connectivity index (χ0) is 15.4. The van der Waals surface area contributed by atoms with E-state index in [0.29, 0.717) is 11.3 Å². The third-order valence-electron chi connectivity index (χ3n) is 3.13. The van der Waals surface area contributed by atoms with Crippen LogP contribution in [-0.4, -0.2) is 5.97 Å². The second-order valence-corrected chi connectivity index (χ2v) is 4.68. The third kappa shape index (κ3) is 3.31. The van der Waals surface area contributed by atoms with E-state index in [2.05, 4.69) is 6.07 Å². The molecule has 0 radical (unpaired) electrons. The molecular weight excluding hydrogens is 266 g/mol. The van der Waals surface area contributed by atoms with Crippen LogP contribution >= 0.6 is 0 Å². The van der Waals surface area contributed by atoms with Gasteiger partial charge in [0.1, 0.15) is 6.61 Å². The molecule has 0 saturated carbocycles. The smallest absolute Gasteiger partial charge is 0.340 e. The maximum atomic E-state index is 12.0. The normalized spacial score (nSPS) is 9.90. The number of nitriles is 1. The van der Waals surface area contributed by atoms with E-state index in [0.717, 1.165) is 11.1 Å². The van der Waals surface area contributed by atoms with Crippen molar-refractivity contribution in [1.82, 2.24) is 0 Å². The topological polar surface area (TPSA) is 102 Å². The molecule has 0 heterocycles. The lowest BCUT2D eigenvalue weighted by molar-refractivity contribution is 0.0473. The van der Waals surface area contributed by atoms with Crippen LogP contribution in [0.2, 0.25) is 0 Å². The summed E-state index contributed by atoms with van der Waals surface area (Å²) in [5.74, 6) is -0.503. The number of hydrogen-bond acceptors (Lipinski definition) is 5. The van der Waals surface area contributed by atoms with E-state index < -0.39 is 5.97 Å². The molecule has 0 aliphatic rings. The predicted molar refractivity (Wildman–Crippen MR) is 80.3 cm³/mol. The van der Waals surface area contributed by atoms with Crippen molar-refractivity contribution in [2.24, 2.45) is 0 Å². The van der Waals surface area contributed by atoms with Gasteiger partial charge in [0.15, 0.2) is 0 Å². The average Bonchev–Trinajstić information content (AvgIpc) is 2.45. The molecule has 0 aliphatic heterocycles. The van der Waals surface area contributed by atoms with Gasteiger partial charge in [0.2, 0.25) is 0 Å². The first-order valence-corrected chi connectivity index (χ1v) is 6.33. The van der Waals surface area contributed by atoms with Crippen molar-refractivity contribution >= 4 is 17.3 Å². The highest BCUT2D eigenvalue weighted by atomic mass is 16.5. The first-order valence-electron chi connectivity index (χ1n) is 6.33. The fraction of sp³-hybridized carbons (Fsp3) is 0.125. The van der Waals surface area contributed by atoms with E-state index in [-0.39, 0.29) is 17.9 Å². The van der Waals surface area contributed by atoms with Crippen molar-refractivity contribution < 1.29 is 9.53 Å². The molecule has 0 bridgehead atoms. The van der Waals surface area contributed by atoms with Crippen LogP contribution in [0.3, 0.4) is 0 Å². The Bertz CT molecular complexity index is 733. The van der Waals surface area contributed by atoms with Gasteiger partial charge in [-0.1, -0.05) is 6.07 Å². The summed E-state index contributed by atoms with van der Waals surface area (Å²) < 4.78 is 5.25. The highest BCUT2D eigenvalue weighted by molar-refractivity contribution is 5.95. The molecule has 4 N–H and O–H groups in total. The summed E-state index contributed by atoms with van der Waals surface area (Å²) in [6.45, 7) is 1.99. The van der Waals surface area contributed by atoms with E-state index in [1.165, 1.54) is 6.07 Å². The number of nitrogens with zero attached hydrogens (tertiary/aromatic N) is 1.